The smallest absolute Gasteiger partial charge is 0.0930 e. The van der Waals surface area contributed by atoms with Crippen molar-refractivity contribution in [1.29, 1.82) is 0 Å². The summed E-state index contributed by atoms with van der Waals surface area (Å²) >= 11 is 1.89. The molecule has 16 heavy (non-hydrogen) atoms. The molecule has 0 bridgehead atoms. The maximum Gasteiger partial charge on any atom is 0.0930 e. The Morgan fingerprint density at radius 1 is 1.62 bits per heavy atom. The van der Waals surface area contributed by atoms with E-state index in [-0.39, 0.29) is 0 Å². The van der Waals surface area contributed by atoms with Crippen LogP contribution in [0, 0.1) is 5.92 Å². The number of likely N-dealkylation sites (tertiary alicyclic amines) is 1. The SMILES string of the molecule is CNCCc1cnc(CC2CCN(C)C2)s1. The highest BCUT2D eigenvalue weighted by Gasteiger charge is 2.20. The summed E-state index contributed by atoms with van der Waals surface area (Å²) in [7, 11) is 4.20. The van der Waals surface area contributed by atoms with Crippen molar-refractivity contribution in [2.75, 3.05) is 33.7 Å². The Kier molecular flexibility index (Phi) is 4.32. The second-order valence-corrected chi connectivity index (χ2v) is 5.89. The van der Waals surface area contributed by atoms with E-state index in [0.29, 0.717) is 0 Å². The fraction of sp³-hybridized carbons (Fsp3) is 0.750. The lowest BCUT2D eigenvalue weighted by atomic mass is 10.1. The van der Waals surface area contributed by atoms with Gasteiger partial charge in [-0.2, -0.15) is 0 Å². The maximum absolute atomic E-state index is 4.53. The van der Waals surface area contributed by atoms with Gasteiger partial charge >= 0.3 is 0 Å². The zero-order valence-electron chi connectivity index (χ0n) is 10.2. The Balaban J connectivity index is 1.83. The molecule has 1 fully saturated rings. The molecule has 2 rings (SSSR count). The van der Waals surface area contributed by atoms with Crippen molar-refractivity contribution >= 4 is 11.3 Å². The molecule has 90 valence electrons. The molecule has 1 aliphatic rings. The lowest BCUT2D eigenvalue weighted by Gasteiger charge is -2.07. The molecular weight excluding hydrogens is 218 g/mol. The van der Waals surface area contributed by atoms with E-state index in [9.17, 15) is 0 Å². The van der Waals surface area contributed by atoms with Crippen LogP contribution in [0.1, 0.15) is 16.3 Å². The predicted molar refractivity (Wildman–Crippen MR) is 69.1 cm³/mol. The molecule has 1 aromatic rings. The molecule has 0 aliphatic carbocycles. The van der Waals surface area contributed by atoms with E-state index in [1.54, 1.807) is 0 Å². The Morgan fingerprint density at radius 3 is 3.19 bits per heavy atom. The van der Waals surface area contributed by atoms with Crippen molar-refractivity contribution in [3.05, 3.63) is 16.1 Å². The number of hydrogen-bond donors (Lipinski definition) is 1. The fourth-order valence-corrected chi connectivity index (χ4v) is 3.28. The van der Waals surface area contributed by atoms with Gasteiger partial charge in [0, 0.05) is 24.0 Å². The van der Waals surface area contributed by atoms with Crippen LogP contribution in [0.3, 0.4) is 0 Å². The van der Waals surface area contributed by atoms with Crippen molar-refractivity contribution in [2.45, 2.75) is 19.3 Å². The van der Waals surface area contributed by atoms with Gasteiger partial charge in [-0.15, -0.1) is 11.3 Å². The lowest BCUT2D eigenvalue weighted by Crippen LogP contribution is -2.14. The lowest BCUT2D eigenvalue weighted by molar-refractivity contribution is 0.394. The summed E-state index contributed by atoms with van der Waals surface area (Å²) < 4.78 is 0. The third-order valence-electron chi connectivity index (χ3n) is 3.18. The molecule has 2 heterocycles. The summed E-state index contributed by atoms with van der Waals surface area (Å²) in [6.07, 6.45) is 5.67. The molecule has 1 aromatic heterocycles. The minimum atomic E-state index is 0.827. The van der Waals surface area contributed by atoms with Gasteiger partial charge in [0.15, 0.2) is 0 Å². The van der Waals surface area contributed by atoms with Gasteiger partial charge in [0.05, 0.1) is 5.01 Å². The number of nitrogens with one attached hydrogen (secondary N) is 1. The van der Waals surface area contributed by atoms with E-state index in [4.69, 9.17) is 0 Å². The Bertz CT molecular complexity index is 324. The molecule has 1 atom stereocenters. The average molecular weight is 239 g/mol. The van der Waals surface area contributed by atoms with Crippen LogP contribution >= 0.6 is 11.3 Å². The summed E-state index contributed by atoms with van der Waals surface area (Å²) in [6.45, 7) is 3.54. The van der Waals surface area contributed by atoms with Gasteiger partial charge in [-0.25, -0.2) is 4.98 Å². The van der Waals surface area contributed by atoms with E-state index in [1.165, 1.54) is 35.8 Å². The van der Waals surface area contributed by atoms with E-state index in [0.717, 1.165) is 18.9 Å². The number of rotatable bonds is 5. The molecule has 3 nitrogen and oxygen atoms in total. The maximum atomic E-state index is 4.53. The molecule has 0 spiro atoms. The van der Waals surface area contributed by atoms with Crippen LogP contribution in [0.2, 0.25) is 0 Å². The van der Waals surface area contributed by atoms with E-state index < -0.39 is 0 Å². The Morgan fingerprint density at radius 2 is 2.50 bits per heavy atom. The predicted octanol–water partition coefficient (Wildman–Crippen LogP) is 1.40. The quantitative estimate of drug-likeness (QED) is 0.842. The summed E-state index contributed by atoms with van der Waals surface area (Å²) in [5.41, 5.74) is 0. The van der Waals surface area contributed by atoms with Gasteiger partial charge in [0.25, 0.3) is 0 Å². The number of thiazole rings is 1. The monoisotopic (exact) mass is 239 g/mol. The van der Waals surface area contributed by atoms with Crippen molar-refractivity contribution in [3.63, 3.8) is 0 Å². The zero-order valence-corrected chi connectivity index (χ0v) is 11.0. The summed E-state index contributed by atoms with van der Waals surface area (Å²) in [5, 5.41) is 4.50. The van der Waals surface area contributed by atoms with Gasteiger partial charge in [0.1, 0.15) is 0 Å². The number of likely N-dealkylation sites (N-methyl/N-ethyl adjacent to an activating group) is 1. The highest BCUT2D eigenvalue weighted by molar-refractivity contribution is 7.11. The van der Waals surface area contributed by atoms with Crippen LogP contribution in [-0.2, 0) is 12.8 Å². The van der Waals surface area contributed by atoms with Crippen LogP contribution in [0.5, 0.6) is 0 Å². The van der Waals surface area contributed by atoms with E-state index in [1.807, 2.05) is 18.4 Å². The van der Waals surface area contributed by atoms with Crippen LogP contribution in [-0.4, -0.2) is 43.6 Å². The molecule has 0 radical (unpaired) electrons. The van der Waals surface area contributed by atoms with Crippen LogP contribution in [0.15, 0.2) is 6.20 Å². The molecule has 1 saturated heterocycles. The minimum absolute atomic E-state index is 0.827. The molecule has 0 saturated carbocycles. The largest absolute Gasteiger partial charge is 0.319 e. The van der Waals surface area contributed by atoms with Crippen molar-refractivity contribution in [3.8, 4) is 0 Å². The fourth-order valence-electron chi connectivity index (χ4n) is 2.25. The number of nitrogens with zero attached hydrogens (tertiary/aromatic N) is 2. The highest BCUT2D eigenvalue weighted by Crippen LogP contribution is 2.22. The molecule has 4 heteroatoms. The van der Waals surface area contributed by atoms with E-state index in [2.05, 4.69) is 28.4 Å². The third kappa shape index (κ3) is 3.27. The van der Waals surface area contributed by atoms with Crippen LogP contribution < -0.4 is 5.32 Å². The van der Waals surface area contributed by atoms with Crippen LogP contribution in [0.4, 0.5) is 0 Å². The van der Waals surface area contributed by atoms with Crippen LogP contribution in [0.25, 0.3) is 0 Å². The highest BCUT2D eigenvalue weighted by atomic mass is 32.1. The average Bonchev–Trinajstić information content (AvgIpc) is 2.86. The van der Waals surface area contributed by atoms with E-state index >= 15 is 0 Å². The van der Waals surface area contributed by atoms with Gasteiger partial charge in [-0.1, -0.05) is 0 Å². The first-order valence-corrected chi connectivity index (χ1v) is 6.86. The number of hydrogen-bond acceptors (Lipinski definition) is 4. The van der Waals surface area contributed by atoms with Crippen molar-refractivity contribution < 1.29 is 0 Å². The molecular formula is C12H21N3S. The van der Waals surface area contributed by atoms with Crippen molar-refractivity contribution in [1.82, 2.24) is 15.2 Å². The second-order valence-electron chi connectivity index (χ2n) is 4.69. The summed E-state index contributed by atoms with van der Waals surface area (Å²) in [4.78, 5) is 8.36. The standard InChI is InChI=1S/C12H21N3S/c1-13-5-3-11-8-14-12(16-11)7-10-4-6-15(2)9-10/h8,10,13H,3-7,9H2,1-2H3. The Hall–Kier alpha value is -0.450. The first kappa shape index (κ1) is 12.0. The minimum Gasteiger partial charge on any atom is -0.319 e. The molecule has 0 amide bonds. The molecule has 1 unspecified atom stereocenters. The van der Waals surface area contributed by atoms with Gasteiger partial charge in [-0.3, -0.25) is 0 Å². The van der Waals surface area contributed by atoms with Gasteiger partial charge in [-0.05, 0) is 45.9 Å². The third-order valence-corrected chi connectivity index (χ3v) is 4.25. The molecule has 1 aliphatic heterocycles. The van der Waals surface area contributed by atoms with Crippen molar-refractivity contribution in [2.24, 2.45) is 5.92 Å². The normalized spacial score (nSPS) is 21.8. The first-order chi connectivity index (χ1) is 7.78. The summed E-state index contributed by atoms with van der Waals surface area (Å²) in [5.74, 6) is 0.827. The molecule has 0 aromatic carbocycles. The Labute approximate surface area is 102 Å². The van der Waals surface area contributed by atoms with Gasteiger partial charge < -0.3 is 10.2 Å². The summed E-state index contributed by atoms with van der Waals surface area (Å²) in [6, 6.07) is 0. The van der Waals surface area contributed by atoms with Gasteiger partial charge in [0.2, 0.25) is 0 Å². The topological polar surface area (TPSA) is 28.2 Å². The first-order valence-electron chi connectivity index (χ1n) is 6.04. The molecule has 1 N–H and O–H groups in total. The zero-order chi connectivity index (χ0) is 11.4. The number of aromatic nitrogens is 1. The second kappa shape index (κ2) is 5.75.